The number of methoxy groups -OCH3 is 5. The SMILES string of the molecule is COc1cc(CCN)c(-c2ccc(-c3cc(CCN)c(O)c(CCN)c3)c(OC)c2)c(CCN)c1.COc1cc(CCN)c(-c2ccc(-c3cc(CCN)c(O)c(CCN)c3)cc2)c(CCN)c1.COc1cc(CCN)c(-c2ccc(-c3cc(CCN)c(OCc4ccccc4)c(CCN)c3)c(OC)c2)c(CCN)c1. The second-order valence-corrected chi connectivity index (χ2v) is 27.0. The van der Waals surface area contributed by atoms with Crippen molar-refractivity contribution in [3.05, 3.63) is 236 Å². The first-order valence-electron chi connectivity index (χ1n) is 38.1. The van der Waals surface area contributed by atoms with Gasteiger partial charge in [0.05, 0.1) is 35.5 Å². The molecule has 0 aliphatic carbocycles. The van der Waals surface area contributed by atoms with Gasteiger partial charge in [0, 0.05) is 11.1 Å². The van der Waals surface area contributed by atoms with E-state index in [1.807, 2.05) is 54.6 Å². The van der Waals surface area contributed by atoms with Gasteiger partial charge in [-0.2, -0.15) is 0 Å². The molecule has 0 heterocycles. The van der Waals surface area contributed by atoms with Crippen molar-refractivity contribution in [2.45, 2.75) is 83.7 Å². The Labute approximate surface area is 650 Å². The highest BCUT2D eigenvalue weighted by molar-refractivity contribution is 5.83. The van der Waals surface area contributed by atoms with Crippen molar-refractivity contribution in [1.29, 1.82) is 0 Å². The zero-order chi connectivity index (χ0) is 79.1. The largest absolute Gasteiger partial charge is 0.507 e. The molecule has 586 valence electrons. The van der Waals surface area contributed by atoms with Gasteiger partial charge in [-0.25, -0.2) is 0 Å². The lowest BCUT2D eigenvalue weighted by atomic mass is 9.89. The van der Waals surface area contributed by atoms with E-state index in [9.17, 15) is 10.2 Å². The summed E-state index contributed by atoms with van der Waals surface area (Å²) in [6.45, 7) is 6.57. The van der Waals surface area contributed by atoms with Gasteiger partial charge in [0.15, 0.2) is 0 Å². The Bertz CT molecular complexity index is 4410. The number of nitrogens with two attached hydrogens (primary N) is 12. The summed E-state index contributed by atoms with van der Waals surface area (Å²) in [7, 11) is 8.40. The summed E-state index contributed by atoms with van der Waals surface area (Å²) in [5.41, 5.74) is 97.0. The number of rotatable bonds is 38. The van der Waals surface area contributed by atoms with Gasteiger partial charge in [-0.3, -0.25) is 0 Å². The smallest absolute Gasteiger partial charge is 0.127 e. The third-order valence-corrected chi connectivity index (χ3v) is 19.6. The minimum Gasteiger partial charge on any atom is -0.507 e. The quantitative estimate of drug-likeness (QED) is 0.0171. The van der Waals surface area contributed by atoms with Crippen molar-refractivity contribution >= 4 is 0 Å². The van der Waals surface area contributed by atoms with Crippen molar-refractivity contribution < 1.29 is 38.6 Å². The first kappa shape index (κ1) is 85.7. The van der Waals surface area contributed by atoms with Gasteiger partial charge < -0.3 is 107 Å². The highest BCUT2D eigenvalue weighted by atomic mass is 16.5. The first-order chi connectivity index (χ1) is 53.6. The molecule has 0 atom stereocenters. The molecular weight excluding hydrogens is 1380 g/mol. The number of phenols is 2. The van der Waals surface area contributed by atoms with Crippen LogP contribution in [0.4, 0.5) is 0 Å². The Morgan fingerprint density at radius 1 is 0.245 bits per heavy atom. The van der Waals surface area contributed by atoms with Crippen LogP contribution < -0.4 is 97.2 Å². The van der Waals surface area contributed by atoms with Crippen LogP contribution in [-0.2, 0) is 83.7 Å². The molecule has 0 amide bonds. The van der Waals surface area contributed by atoms with E-state index in [0.29, 0.717) is 129 Å². The predicted molar refractivity (Wildman–Crippen MR) is 452 cm³/mol. The van der Waals surface area contributed by atoms with E-state index in [1.165, 1.54) is 5.56 Å². The van der Waals surface area contributed by atoms with Gasteiger partial charge in [0.1, 0.15) is 52.6 Å². The van der Waals surface area contributed by atoms with E-state index in [1.54, 1.807) is 35.5 Å². The molecule has 10 rings (SSSR count). The van der Waals surface area contributed by atoms with E-state index < -0.39 is 0 Å². The van der Waals surface area contributed by atoms with Gasteiger partial charge >= 0.3 is 0 Å². The maximum absolute atomic E-state index is 10.7. The van der Waals surface area contributed by atoms with Crippen LogP contribution in [-0.4, -0.2) is 124 Å². The van der Waals surface area contributed by atoms with E-state index in [2.05, 4.69) is 109 Å². The van der Waals surface area contributed by atoms with E-state index in [0.717, 1.165) is 207 Å². The number of hydrogen-bond donors (Lipinski definition) is 14. The molecule has 0 radical (unpaired) electrons. The van der Waals surface area contributed by atoms with Crippen LogP contribution in [0.1, 0.15) is 72.3 Å². The third-order valence-electron chi connectivity index (χ3n) is 19.6. The second kappa shape index (κ2) is 44.1. The molecule has 0 aliphatic heterocycles. The maximum atomic E-state index is 10.7. The van der Waals surface area contributed by atoms with Crippen molar-refractivity contribution in [2.75, 3.05) is 114 Å². The monoisotopic (exact) mass is 1490 g/mol. The minimum absolute atomic E-state index is 0.274. The normalized spacial score (nSPS) is 11.0. The third kappa shape index (κ3) is 22.0. The minimum atomic E-state index is 0.274. The van der Waals surface area contributed by atoms with Crippen LogP contribution in [0.2, 0.25) is 0 Å². The summed E-state index contributed by atoms with van der Waals surface area (Å²) in [5.74, 6) is 5.39. The van der Waals surface area contributed by atoms with Crippen molar-refractivity contribution in [2.24, 2.45) is 68.8 Å². The highest BCUT2D eigenvalue weighted by Crippen LogP contribution is 2.44. The molecule has 0 bridgehead atoms. The van der Waals surface area contributed by atoms with Gasteiger partial charge in [-0.1, -0.05) is 78.9 Å². The number of hydrogen-bond acceptors (Lipinski definition) is 20. The lowest BCUT2D eigenvalue weighted by Gasteiger charge is -2.20. The zero-order valence-corrected chi connectivity index (χ0v) is 65.0. The summed E-state index contributed by atoms with van der Waals surface area (Å²) in [6.07, 6.45) is 8.17. The molecule has 0 unspecified atom stereocenters. The Hall–Kier alpha value is -9.88. The van der Waals surface area contributed by atoms with Gasteiger partial charge in [0.2, 0.25) is 0 Å². The van der Waals surface area contributed by atoms with Crippen LogP contribution in [0.25, 0.3) is 66.8 Å². The Morgan fingerprint density at radius 2 is 0.509 bits per heavy atom. The second-order valence-electron chi connectivity index (χ2n) is 27.0. The molecule has 20 nitrogen and oxygen atoms in total. The van der Waals surface area contributed by atoms with Crippen LogP contribution in [0.3, 0.4) is 0 Å². The average molecular weight is 1500 g/mol. The Balaban J connectivity index is 0.000000209. The Morgan fingerprint density at radius 3 is 0.809 bits per heavy atom. The highest BCUT2D eigenvalue weighted by Gasteiger charge is 2.23. The van der Waals surface area contributed by atoms with Gasteiger partial charge in [0.25, 0.3) is 0 Å². The van der Waals surface area contributed by atoms with Crippen LogP contribution in [0.5, 0.6) is 46.0 Å². The summed E-state index contributed by atoms with van der Waals surface area (Å²) in [5, 5.41) is 21.3. The van der Waals surface area contributed by atoms with Gasteiger partial charge in [-0.05, 0) is 368 Å². The lowest BCUT2D eigenvalue weighted by Crippen LogP contribution is -2.10. The zero-order valence-electron chi connectivity index (χ0n) is 65.0. The number of aromatic hydroxyl groups is 2. The van der Waals surface area contributed by atoms with Crippen LogP contribution >= 0.6 is 0 Å². The summed E-state index contributed by atoms with van der Waals surface area (Å²) >= 11 is 0. The van der Waals surface area contributed by atoms with Crippen LogP contribution in [0, 0.1) is 0 Å². The molecule has 10 aromatic carbocycles. The molecule has 0 aliphatic rings. The maximum Gasteiger partial charge on any atom is 0.127 e. The fourth-order valence-electron chi connectivity index (χ4n) is 14.5. The Kier molecular flexibility index (Phi) is 34.4. The average Bonchev–Trinajstić information content (AvgIpc) is 0.782. The number of phenolic OH excluding ortho intramolecular Hbond substituents is 2. The molecule has 0 aromatic heterocycles. The fourth-order valence-corrected chi connectivity index (χ4v) is 14.5. The molecule has 20 heteroatoms. The van der Waals surface area contributed by atoms with Gasteiger partial charge in [-0.15, -0.1) is 0 Å². The van der Waals surface area contributed by atoms with E-state index in [-0.39, 0.29) is 5.75 Å². The van der Waals surface area contributed by atoms with Crippen molar-refractivity contribution in [1.82, 2.24) is 0 Å². The topological polar surface area (TPSA) is 408 Å². The van der Waals surface area contributed by atoms with E-state index in [4.69, 9.17) is 97.2 Å². The molecule has 110 heavy (non-hydrogen) atoms. The molecule has 0 saturated carbocycles. The summed E-state index contributed by atoms with van der Waals surface area (Å²) in [4.78, 5) is 0. The predicted octanol–water partition coefficient (Wildman–Crippen LogP) is 10.1. The summed E-state index contributed by atoms with van der Waals surface area (Å²) in [6, 6.07) is 55.9. The van der Waals surface area contributed by atoms with E-state index >= 15 is 0 Å². The molecule has 0 fully saturated rings. The standard InChI is InChI=1S/C35H44N4O3.C28H38N4O3.C27H36N4O2/c1-40-31-20-26(10-14-36)34(27(21-31)11-15-37)25-8-9-32(33(22-25)41-2)30-18-28(12-16-38)35(29(19-30)13-17-39)42-23-24-6-4-3-5-7-24;1-34-24-15-19(5-9-29)27(20(16-24)6-10-30)18-3-4-25(26(17-18)35-2)23-13-21(7-11-31)28(33)22(14-23)8-12-32;1-33-25-16-20(6-10-28)26(21(17-25)7-11-29)19-4-2-18(3-5-19)24-14-22(8-12-30)27(32)23(15-24)9-13-31/h3-9,18-22H,10-17,23,36-39H2,1-2H3;3-4,13-17,33H,5-12,29-32H2,1-2H3;2-5,14-17,32H,6-13,28-31H2,1H3. The number of ether oxygens (including phenoxy) is 6. The molecule has 26 N–H and O–H groups in total. The summed E-state index contributed by atoms with van der Waals surface area (Å²) < 4.78 is 34.9. The molecular formula is C90H118N12O8. The molecule has 0 saturated heterocycles. The molecule has 0 spiro atoms. The van der Waals surface area contributed by atoms with Crippen LogP contribution in [0.15, 0.2) is 164 Å². The number of benzene rings is 10. The first-order valence-corrected chi connectivity index (χ1v) is 38.1. The molecule has 10 aromatic rings. The van der Waals surface area contributed by atoms with Crippen molar-refractivity contribution in [3.63, 3.8) is 0 Å². The fraction of sp³-hybridized carbons (Fsp3) is 0.333. The van der Waals surface area contributed by atoms with Crippen molar-refractivity contribution in [3.8, 4) is 113 Å². The lowest BCUT2D eigenvalue weighted by molar-refractivity contribution is 0.300.